The predicted octanol–water partition coefficient (Wildman–Crippen LogP) is 4.87. The minimum atomic E-state index is 0.589. The van der Waals surface area contributed by atoms with Crippen molar-refractivity contribution in [1.29, 1.82) is 0 Å². The first kappa shape index (κ1) is 17.8. The maximum Gasteiger partial charge on any atom is 0.226 e. The Morgan fingerprint density at radius 1 is 1.07 bits per heavy atom. The first-order valence-corrected chi connectivity index (χ1v) is 9.72. The van der Waals surface area contributed by atoms with Gasteiger partial charge < -0.3 is 9.15 Å². The third-order valence-corrected chi connectivity index (χ3v) is 4.97. The average molecular weight is 362 g/mol. The van der Waals surface area contributed by atoms with Gasteiger partial charge in [-0.05, 0) is 62.7 Å². The molecule has 0 aliphatic carbocycles. The molecule has 1 aliphatic rings. The minimum Gasteiger partial charge on any atom is -0.493 e. The minimum absolute atomic E-state index is 0.589. The zero-order valence-corrected chi connectivity index (χ0v) is 15.9. The second kappa shape index (κ2) is 8.40. The lowest BCUT2D eigenvalue weighted by Gasteiger charge is -2.14. The van der Waals surface area contributed by atoms with E-state index >= 15 is 0 Å². The van der Waals surface area contributed by atoms with Gasteiger partial charge in [0, 0.05) is 18.5 Å². The van der Waals surface area contributed by atoms with Gasteiger partial charge >= 0.3 is 0 Å². The molecular formula is C23H26N2O2. The second-order valence-corrected chi connectivity index (χ2v) is 7.24. The summed E-state index contributed by atoms with van der Waals surface area (Å²) in [6, 6.07) is 16.6. The van der Waals surface area contributed by atoms with Crippen molar-refractivity contribution >= 4 is 0 Å². The van der Waals surface area contributed by atoms with Crippen molar-refractivity contribution in [2.45, 2.75) is 32.7 Å². The summed E-state index contributed by atoms with van der Waals surface area (Å²) in [7, 11) is 0. The van der Waals surface area contributed by atoms with E-state index in [-0.39, 0.29) is 0 Å². The van der Waals surface area contributed by atoms with Crippen LogP contribution in [-0.4, -0.2) is 29.6 Å². The van der Waals surface area contributed by atoms with Crippen molar-refractivity contribution in [2.24, 2.45) is 0 Å². The van der Waals surface area contributed by atoms with Gasteiger partial charge in [0.15, 0.2) is 0 Å². The van der Waals surface area contributed by atoms with Gasteiger partial charge in [0.1, 0.15) is 12.0 Å². The van der Waals surface area contributed by atoms with Crippen LogP contribution in [0.25, 0.3) is 11.5 Å². The van der Waals surface area contributed by atoms with Crippen molar-refractivity contribution in [2.75, 3.05) is 19.7 Å². The van der Waals surface area contributed by atoms with E-state index in [0.29, 0.717) is 12.5 Å². The molecule has 27 heavy (non-hydrogen) atoms. The molecule has 4 rings (SSSR count). The van der Waals surface area contributed by atoms with Crippen molar-refractivity contribution < 1.29 is 9.15 Å². The topological polar surface area (TPSA) is 38.5 Å². The summed E-state index contributed by atoms with van der Waals surface area (Å²) in [4.78, 5) is 7.08. The standard InChI is InChI=1S/C23H26N2O2/c1-18-5-4-6-20(15-18)23-24-21(17-27-23)11-14-26-22-9-7-19(8-10-22)16-25-12-2-3-13-25/h4-10,15,17H,2-3,11-14,16H2,1H3. The monoisotopic (exact) mass is 362 g/mol. The van der Waals surface area contributed by atoms with Gasteiger partial charge in [-0.25, -0.2) is 4.98 Å². The Morgan fingerprint density at radius 3 is 2.67 bits per heavy atom. The van der Waals surface area contributed by atoms with Crippen LogP contribution in [0.1, 0.15) is 29.7 Å². The highest BCUT2D eigenvalue weighted by molar-refractivity contribution is 5.54. The van der Waals surface area contributed by atoms with Crippen LogP contribution in [0.5, 0.6) is 5.75 Å². The molecule has 2 aromatic carbocycles. The van der Waals surface area contributed by atoms with Crippen LogP contribution in [-0.2, 0) is 13.0 Å². The Labute approximate surface area is 160 Å². The zero-order valence-electron chi connectivity index (χ0n) is 15.9. The molecule has 0 bridgehead atoms. The van der Waals surface area contributed by atoms with Crippen molar-refractivity contribution in [3.63, 3.8) is 0 Å². The lowest BCUT2D eigenvalue weighted by Crippen LogP contribution is -2.18. The van der Waals surface area contributed by atoms with E-state index in [2.05, 4.69) is 53.2 Å². The highest BCUT2D eigenvalue weighted by atomic mass is 16.5. The molecule has 4 nitrogen and oxygen atoms in total. The quantitative estimate of drug-likeness (QED) is 0.601. The van der Waals surface area contributed by atoms with Crippen LogP contribution >= 0.6 is 0 Å². The van der Waals surface area contributed by atoms with Crippen molar-refractivity contribution in [3.05, 3.63) is 71.6 Å². The summed E-state index contributed by atoms with van der Waals surface area (Å²) in [5, 5.41) is 0. The normalized spacial score (nSPS) is 14.6. The third-order valence-electron chi connectivity index (χ3n) is 4.97. The first-order chi connectivity index (χ1) is 13.3. The van der Waals surface area contributed by atoms with Gasteiger partial charge in [-0.1, -0.05) is 29.8 Å². The molecule has 1 aromatic heterocycles. The molecule has 0 amide bonds. The number of aryl methyl sites for hydroxylation is 1. The van der Waals surface area contributed by atoms with E-state index in [4.69, 9.17) is 9.15 Å². The Hall–Kier alpha value is -2.59. The number of benzene rings is 2. The molecule has 0 atom stereocenters. The zero-order chi connectivity index (χ0) is 18.5. The van der Waals surface area contributed by atoms with E-state index in [9.17, 15) is 0 Å². The summed E-state index contributed by atoms with van der Waals surface area (Å²) in [6.45, 7) is 6.14. The number of hydrogen-bond donors (Lipinski definition) is 0. The van der Waals surface area contributed by atoms with E-state index in [1.807, 2.05) is 12.1 Å². The van der Waals surface area contributed by atoms with Crippen molar-refractivity contribution in [1.82, 2.24) is 9.88 Å². The smallest absolute Gasteiger partial charge is 0.226 e. The molecule has 0 N–H and O–H groups in total. The van der Waals surface area contributed by atoms with Gasteiger partial charge in [-0.15, -0.1) is 0 Å². The molecule has 2 heterocycles. The molecule has 1 aliphatic heterocycles. The van der Waals surface area contributed by atoms with Crippen LogP contribution in [0.3, 0.4) is 0 Å². The summed E-state index contributed by atoms with van der Waals surface area (Å²) >= 11 is 0. The fraction of sp³-hybridized carbons (Fsp3) is 0.348. The second-order valence-electron chi connectivity index (χ2n) is 7.24. The van der Waals surface area contributed by atoms with Gasteiger partial charge in [0.25, 0.3) is 0 Å². The number of ether oxygens (including phenoxy) is 1. The highest BCUT2D eigenvalue weighted by Crippen LogP contribution is 2.20. The van der Waals surface area contributed by atoms with Gasteiger partial charge in [0.2, 0.25) is 5.89 Å². The maximum atomic E-state index is 5.87. The molecule has 1 saturated heterocycles. The van der Waals surface area contributed by atoms with E-state index in [0.717, 1.165) is 30.0 Å². The number of rotatable bonds is 7. The van der Waals surface area contributed by atoms with Crippen LogP contribution < -0.4 is 4.74 Å². The first-order valence-electron chi connectivity index (χ1n) is 9.72. The maximum absolute atomic E-state index is 5.87. The van der Waals surface area contributed by atoms with E-state index in [1.54, 1.807) is 6.26 Å². The van der Waals surface area contributed by atoms with Gasteiger partial charge in [-0.3, -0.25) is 4.90 Å². The Bertz CT molecular complexity index is 864. The van der Waals surface area contributed by atoms with Crippen LogP contribution in [0, 0.1) is 6.92 Å². The molecular weight excluding hydrogens is 336 g/mol. The molecule has 4 heteroatoms. The number of oxazole rings is 1. The SMILES string of the molecule is Cc1cccc(-c2nc(CCOc3ccc(CN4CCCC4)cc3)co2)c1. The fourth-order valence-corrected chi connectivity index (χ4v) is 3.50. The van der Waals surface area contributed by atoms with E-state index < -0.39 is 0 Å². The molecule has 0 spiro atoms. The number of aromatic nitrogens is 1. The Kier molecular flexibility index (Phi) is 5.54. The number of likely N-dealkylation sites (tertiary alicyclic amines) is 1. The number of hydrogen-bond acceptors (Lipinski definition) is 4. The van der Waals surface area contributed by atoms with Crippen LogP contribution in [0.2, 0.25) is 0 Å². The van der Waals surface area contributed by atoms with E-state index in [1.165, 1.54) is 37.1 Å². The molecule has 3 aromatic rings. The molecule has 0 unspecified atom stereocenters. The molecule has 1 fully saturated rings. The molecule has 140 valence electrons. The largest absolute Gasteiger partial charge is 0.493 e. The Morgan fingerprint density at radius 2 is 1.89 bits per heavy atom. The summed E-state index contributed by atoms with van der Waals surface area (Å²) in [5.74, 6) is 1.57. The van der Waals surface area contributed by atoms with Crippen molar-refractivity contribution in [3.8, 4) is 17.2 Å². The van der Waals surface area contributed by atoms with Crippen LogP contribution in [0.15, 0.2) is 59.2 Å². The molecule has 0 saturated carbocycles. The summed E-state index contributed by atoms with van der Waals surface area (Å²) in [5.41, 5.74) is 4.47. The van der Waals surface area contributed by atoms with Crippen LogP contribution in [0.4, 0.5) is 0 Å². The lowest BCUT2D eigenvalue weighted by atomic mass is 10.1. The third kappa shape index (κ3) is 4.77. The Balaban J connectivity index is 1.27. The van der Waals surface area contributed by atoms with Gasteiger partial charge in [0.05, 0.1) is 12.3 Å². The fourth-order valence-electron chi connectivity index (χ4n) is 3.50. The predicted molar refractivity (Wildman–Crippen MR) is 107 cm³/mol. The average Bonchev–Trinajstić information content (AvgIpc) is 3.35. The number of nitrogens with zero attached hydrogens (tertiary/aromatic N) is 2. The lowest BCUT2D eigenvalue weighted by molar-refractivity contribution is 0.318. The molecule has 0 radical (unpaired) electrons. The summed E-state index contributed by atoms with van der Waals surface area (Å²) < 4.78 is 11.5. The summed E-state index contributed by atoms with van der Waals surface area (Å²) in [6.07, 6.45) is 5.11. The van der Waals surface area contributed by atoms with Gasteiger partial charge in [-0.2, -0.15) is 0 Å². The highest BCUT2D eigenvalue weighted by Gasteiger charge is 2.11.